The quantitative estimate of drug-likeness (QED) is 0.743. The van der Waals surface area contributed by atoms with Crippen molar-refractivity contribution in [1.82, 2.24) is 5.32 Å². The second kappa shape index (κ2) is 6.18. The highest BCUT2D eigenvalue weighted by molar-refractivity contribution is 5.29. The van der Waals surface area contributed by atoms with Crippen molar-refractivity contribution < 1.29 is 5.11 Å². The van der Waals surface area contributed by atoms with Crippen molar-refractivity contribution in [2.45, 2.75) is 46.1 Å². The van der Waals surface area contributed by atoms with E-state index >= 15 is 0 Å². The fraction of sp³-hybridized carbons (Fsp3) is 0.600. The zero-order valence-electron chi connectivity index (χ0n) is 11.5. The van der Waals surface area contributed by atoms with Crippen LogP contribution in [0, 0.1) is 13.8 Å². The van der Waals surface area contributed by atoms with E-state index in [1.165, 1.54) is 16.7 Å². The minimum Gasteiger partial charge on any atom is -0.390 e. The van der Waals surface area contributed by atoms with E-state index in [4.69, 9.17) is 0 Å². The number of rotatable bonds is 6. The number of hydrogen-bond donors (Lipinski definition) is 2. The molecule has 0 heterocycles. The van der Waals surface area contributed by atoms with E-state index in [0.29, 0.717) is 0 Å². The average molecular weight is 235 g/mol. The number of benzene rings is 1. The molecule has 0 fully saturated rings. The summed E-state index contributed by atoms with van der Waals surface area (Å²) in [7, 11) is 0. The van der Waals surface area contributed by atoms with Crippen molar-refractivity contribution in [3.05, 3.63) is 34.9 Å². The van der Waals surface area contributed by atoms with Gasteiger partial charge in [-0.25, -0.2) is 0 Å². The van der Waals surface area contributed by atoms with E-state index in [2.05, 4.69) is 44.3 Å². The van der Waals surface area contributed by atoms with Gasteiger partial charge in [0, 0.05) is 6.42 Å². The zero-order valence-corrected chi connectivity index (χ0v) is 11.5. The molecule has 2 N–H and O–H groups in total. The van der Waals surface area contributed by atoms with Crippen molar-refractivity contribution in [3.63, 3.8) is 0 Å². The second-order valence-corrected chi connectivity index (χ2v) is 5.27. The molecule has 1 aromatic rings. The summed E-state index contributed by atoms with van der Waals surface area (Å²) in [6.45, 7) is 10.0. The van der Waals surface area contributed by atoms with Crippen LogP contribution in [0.1, 0.15) is 37.0 Å². The maximum Gasteiger partial charge on any atom is 0.0672 e. The summed E-state index contributed by atoms with van der Waals surface area (Å²) in [5, 5.41) is 13.6. The van der Waals surface area contributed by atoms with Gasteiger partial charge in [-0.05, 0) is 45.8 Å². The van der Waals surface area contributed by atoms with Gasteiger partial charge in [0.05, 0.1) is 5.60 Å². The van der Waals surface area contributed by atoms with Crippen molar-refractivity contribution in [2.24, 2.45) is 0 Å². The van der Waals surface area contributed by atoms with Gasteiger partial charge >= 0.3 is 0 Å². The number of aliphatic hydroxyl groups is 1. The third-order valence-corrected chi connectivity index (χ3v) is 2.96. The van der Waals surface area contributed by atoms with Gasteiger partial charge in [0.25, 0.3) is 0 Å². The summed E-state index contributed by atoms with van der Waals surface area (Å²) in [5.41, 5.74) is 3.14. The molecular formula is C15H25NO. The van der Waals surface area contributed by atoms with Gasteiger partial charge < -0.3 is 10.4 Å². The van der Waals surface area contributed by atoms with Gasteiger partial charge in [0.1, 0.15) is 0 Å². The normalized spacial score (nSPS) is 14.6. The van der Waals surface area contributed by atoms with Crippen molar-refractivity contribution >= 4 is 0 Å². The largest absolute Gasteiger partial charge is 0.390 e. The molecule has 0 aromatic heterocycles. The Morgan fingerprint density at radius 1 is 1.18 bits per heavy atom. The summed E-state index contributed by atoms with van der Waals surface area (Å²) in [5.74, 6) is 0. The lowest BCUT2D eigenvalue weighted by molar-refractivity contribution is 0.0517. The topological polar surface area (TPSA) is 32.3 Å². The van der Waals surface area contributed by atoms with Crippen LogP contribution in [0.25, 0.3) is 0 Å². The third kappa shape index (κ3) is 5.33. The second-order valence-electron chi connectivity index (χ2n) is 5.27. The SMILES string of the molecule is CCNCCC(C)(O)Cc1cc(C)cc(C)c1. The first-order valence-corrected chi connectivity index (χ1v) is 6.43. The monoisotopic (exact) mass is 235 g/mol. The minimum absolute atomic E-state index is 0.623. The van der Waals surface area contributed by atoms with Gasteiger partial charge in [0.15, 0.2) is 0 Å². The first-order valence-electron chi connectivity index (χ1n) is 6.43. The lowest BCUT2D eigenvalue weighted by atomic mass is 9.91. The third-order valence-electron chi connectivity index (χ3n) is 2.96. The van der Waals surface area contributed by atoms with E-state index in [0.717, 1.165) is 25.9 Å². The highest BCUT2D eigenvalue weighted by atomic mass is 16.3. The van der Waals surface area contributed by atoms with Crippen LogP contribution in [-0.4, -0.2) is 23.8 Å². The standard InChI is InChI=1S/C15H25NO/c1-5-16-7-6-15(4,17)11-14-9-12(2)8-13(3)10-14/h8-10,16-17H,5-7,11H2,1-4H3. The van der Waals surface area contributed by atoms with Crippen LogP contribution in [0.3, 0.4) is 0 Å². The Hall–Kier alpha value is -0.860. The molecule has 1 rings (SSSR count). The van der Waals surface area contributed by atoms with Gasteiger partial charge in [-0.1, -0.05) is 36.2 Å². The predicted molar refractivity (Wildman–Crippen MR) is 73.4 cm³/mol. The summed E-state index contributed by atoms with van der Waals surface area (Å²) in [6.07, 6.45) is 1.51. The molecule has 1 unspecified atom stereocenters. The lowest BCUT2D eigenvalue weighted by Gasteiger charge is -2.24. The molecule has 0 aliphatic heterocycles. The summed E-state index contributed by atoms with van der Waals surface area (Å²) >= 11 is 0. The van der Waals surface area contributed by atoms with Gasteiger partial charge in [0.2, 0.25) is 0 Å². The van der Waals surface area contributed by atoms with Crippen LogP contribution in [0.5, 0.6) is 0 Å². The molecule has 17 heavy (non-hydrogen) atoms. The molecule has 2 nitrogen and oxygen atoms in total. The van der Waals surface area contributed by atoms with Crippen LogP contribution < -0.4 is 5.32 Å². The molecule has 0 saturated heterocycles. The molecule has 1 aromatic carbocycles. The summed E-state index contributed by atoms with van der Waals surface area (Å²) in [4.78, 5) is 0. The van der Waals surface area contributed by atoms with E-state index in [1.54, 1.807) is 0 Å². The molecular weight excluding hydrogens is 210 g/mol. The Bertz CT molecular complexity index is 338. The Kier molecular flexibility index (Phi) is 5.16. The maximum atomic E-state index is 10.3. The van der Waals surface area contributed by atoms with Crippen LogP contribution in [0.4, 0.5) is 0 Å². The van der Waals surface area contributed by atoms with Crippen LogP contribution in [0.15, 0.2) is 18.2 Å². The van der Waals surface area contributed by atoms with E-state index in [9.17, 15) is 5.11 Å². The lowest BCUT2D eigenvalue weighted by Crippen LogP contribution is -2.32. The zero-order chi connectivity index (χ0) is 12.9. The van der Waals surface area contributed by atoms with Gasteiger partial charge in [-0.3, -0.25) is 0 Å². The first kappa shape index (κ1) is 14.2. The maximum absolute atomic E-state index is 10.3. The molecule has 0 aliphatic carbocycles. The number of nitrogens with one attached hydrogen (secondary N) is 1. The summed E-state index contributed by atoms with van der Waals surface area (Å²) < 4.78 is 0. The van der Waals surface area contributed by atoms with Crippen molar-refractivity contribution in [1.29, 1.82) is 0 Å². The van der Waals surface area contributed by atoms with E-state index in [-0.39, 0.29) is 0 Å². The van der Waals surface area contributed by atoms with Crippen molar-refractivity contribution in [2.75, 3.05) is 13.1 Å². The number of aryl methyl sites for hydroxylation is 2. The molecule has 0 aliphatic rings. The Morgan fingerprint density at radius 3 is 2.29 bits per heavy atom. The first-order chi connectivity index (χ1) is 7.93. The Balaban J connectivity index is 2.62. The highest BCUT2D eigenvalue weighted by Gasteiger charge is 2.20. The Labute approximate surface area is 105 Å². The van der Waals surface area contributed by atoms with Crippen LogP contribution >= 0.6 is 0 Å². The molecule has 1 atom stereocenters. The fourth-order valence-electron chi connectivity index (χ4n) is 2.23. The van der Waals surface area contributed by atoms with Crippen molar-refractivity contribution in [3.8, 4) is 0 Å². The minimum atomic E-state index is -0.623. The molecule has 96 valence electrons. The van der Waals surface area contributed by atoms with Crippen LogP contribution in [0.2, 0.25) is 0 Å². The molecule has 0 amide bonds. The smallest absolute Gasteiger partial charge is 0.0672 e. The molecule has 0 saturated carbocycles. The van der Waals surface area contributed by atoms with Crippen LogP contribution in [-0.2, 0) is 6.42 Å². The molecule has 0 spiro atoms. The Morgan fingerprint density at radius 2 is 1.76 bits per heavy atom. The molecule has 0 bridgehead atoms. The van der Waals surface area contributed by atoms with E-state index in [1.807, 2.05) is 6.92 Å². The summed E-state index contributed by atoms with van der Waals surface area (Å²) in [6, 6.07) is 6.49. The fourth-order valence-corrected chi connectivity index (χ4v) is 2.23. The van der Waals surface area contributed by atoms with Gasteiger partial charge in [-0.15, -0.1) is 0 Å². The van der Waals surface area contributed by atoms with E-state index < -0.39 is 5.60 Å². The number of hydrogen-bond acceptors (Lipinski definition) is 2. The average Bonchev–Trinajstić information content (AvgIpc) is 2.14. The highest BCUT2D eigenvalue weighted by Crippen LogP contribution is 2.18. The van der Waals surface area contributed by atoms with Gasteiger partial charge in [-0.2, -0.15) is 0 Å². The molecule has 2 heteroatoms. The molecule has 0 radical (unpaired) electrons. The predicted octanol–water partition coefficient (Wildman–Crippen LogP) is 2.60.